The van der Waals surface area contributed by atoms with Gasteiger partial charge in [-0.2, -0.15) is 0 Å². The molecule has 1 saturated carbocycles. The molecule has 0 radical (unpaired) electrons. The molecule has 0 spiro atoms. The number of hydrogen-bond donors (Lipinski definition) is 0. The summed E-state index contributed by atoms with van der Waals surface area (Å²) >= 11 is 0. The standard InChI is InChI=1S/C10H15F2N3/c1-14-4-8(13-7-14)5-15(6-10(11)12)9-2-3-9/h4,7,9-10H,2-3,5-6H2,1H3. The van der Waals surface area contributed by atoms with Crippen LogP contribution in [-0.4, -0.2) is 33.5 Å². The second-order valence-electron chi connectivity index (χ2n) is 4.08. The Kier molecular flexibility index (Phi) is 3.00. The Morgan fingerprint density at radius 2 is 2.33 bits per heavy atom. The summed E-state index contributed by atoms with van der Waals surface area (Å²) in [6.07, 6.45) is 3.40. The zero-order valence-electron chi connectivity index (χ0n) is 8.74. The van der Waals surface area contributed by atoms with E-state index < -0.39 is 6.43 Å². The van der Waals surface area contributed by atoms with Gasteiger partial charge in [0.05, 0.1) is 18.6 Å². The fourth-order valence-corrected chi connectivity index (χ4v) is 1.72. The van der Waals surface area contributed by atoms with E-state index in [0.717, 1.165) is 18.5 Å². The molecule has 0 N–H and O–H groups in total. The molecule has 0 unspecified atom stereocenters. The fourth-order valence-electron chi connectivity index (χ4n) is 1.72. The van der Waals surface area contributed by atoms with E-state index in [1.165, 1.54) is 0 Å². The first kappa shape index (κ1) is 10.5. The van der Waals surface area contributed by atoms with Crippen LogP contribution < -0.4 is 0 Å². The molecule has 15 heavy (non-hydrogen) atoms. The summed E-state index contributed by atoms with van der Waals surface area (Å²) in [5.74, 6) is 0. The maximum absolute atomic E-state index is 12.3. The first-order valence-corrected chi connectivity index (χ1v) is 5.14. The Labute approximate surface area is 87.7 Å². The van der Waals surface area contributed by atoms with Gasteiger partial charge in [0.2, 0.25) is 0 Å². The Morgan fingerprint density at radius 1 is 1.60 bits per heavy atom. The highest BCUT2D eigenvalue weighted by atomic mass is 19.3. The molecule has 1 heterocycles. The third-order valence-electron chi connectivity index (χ3n) is 2.56. The van der Waals surface area contributed by atoms with E-state index in [4.69, 9.17) is 0 Å². The minimum Gasteiger partial charge on any atom is -0.340 e. The Hall–Kier alpha value is -0.970. The van der Waals surface area contributed by atoms with Crippen molar-refractivity contribution in [3.05, 3.63) is 18.2 Å². The number of halogens is 2. The average Bonchev–Trinajstić information content (AvgIpc) is 2.90. The molecule has 1 aliphatic rings. The third kappa shape index (κ3) is 2.99. The molecular formula is C10H15F2N3. The molecule has 0 aliphatic heterocycles. The molecule has 1 fully saturated rings. The van der Waals surface area contributed by atoms with Gasteiger partial charge in [-0.05, 0) is 12.8 Å². The second kappa shape index (κ2) is 4.26. The van der Waals surface area contributed by atoms with Gasteiger partial charge in [-0.25, -0.2) is 13.8 Å². The first-order chi connectivity index (χ1) is 7.15. The van der Waals surface area contributed by atoms with Crippen LogP contribution in [0.3, 0.4) is 0 Å². The molecule has 2 rings (SSSR count). The number of imidazole rings is 1. The van der Waals surface area contributed by atoms with Gasteiger partial charge in [0, 0.05) is 25.8 Å². The molecule has 1 aromatic heterocycles. The van der Waals surface area contributed by atoms with Crippen molar-refractivity contribution in [2.24, 2.45) is 7.05 Å². The van der Waals surface area contributed by atoms with Crippen LogP contribution in [0.25, 0.3) is 0 Å². The molecule has 84 valence electrons. The van der Waals surface area contributed by atoms with Crippen LogP contribution in [0.15, 0.2) is 12.5 Å². The van der Waals surface area contributed by atoms with Crippen LogP contribution >= 0.6 is 0 Å². The molecule has 0 aromatic carbocycles. The molecule has 1 aliphatic carbocycles. The lowest BCUT2D eigenvalue weighted by Gasteiger charge is -2.19. The molecule has 0 atom stereocenters. The highest BCUT2D eigenvalue weighted by Crippen LogP contribution is 2.28. The van der Waals surface area contributed by atoms with Gasteiger partial charge < -0.3 is 4.57 Å². The number of aryl methyl sites for hydroxylation is 1. The lowest BCUT2D eigenvalue weighted by Crippen LogP contribution is -2.30. The number of alkyl halides is 2. The quantitative estimate of drug-likeness (QED) is 0.744. The van der Waals surface area contributed by atoms with E-state index in [9.17, 15) is 8.78 Å². The average molecular weight is 215 g/mol. The van der Waals surface area contributed by atoms with Gasteiger partial charge in [0.1, 0.15) is 0 Å². The highest BCUT2D eigenvalue weighted by Gasteiger charge is 2.30. The SMILES string of the molecule is Cn1cnc(CN(CC(F)F)C2CC2)c1. The lowest BCUT2D eigenvalue weighted by atomic mass is 10.4. The molecular weight excluding hydrogens is 200 g/mol. The largest absolute Gasteiger partial charge is 0.340 e. The van der Waals surface area contributed by atoms with Crippen molar-refractivity contribution < 1.29 is 8.78 Å². The number of aromatic nitrogens is 2. The van der Waals surface area contributed by atoms with E-state index in [2.05, 4.69) is 4.98 Å². The zero-order valence-corrected chi connectivity index (χ0v) is 8.74. The van der Waals surface area contributed by atoms with Gasteiger partial charge in [0.15, 0.2) is 0 Å². The summed E-state index contributed by atoms with van der Waals surface area (Å²) in [7, 11) is 1.88. The second-order valence-corrected chi connectivity index (χ2v) is 4.08. The lowest BCUT2D eigenvalue weighted by molar-refractivity contribution is 0.0800. The Bertz CT molecular complexity index is 320. The van der Waals surface area contributed by atoms with Gasteiger partial charge >= 0.3 is 0 Å². The molecule has 5 heteroatoms. The van der Waals surface area contributed by atoms with E-state index in [0.29, 0.717) is 12.6 Å². The molecule has 0 amide bonds. The van der Waals surface area contributed by atoms with Crippen molar-refractivity contribution in [3.63, 3.8) is 0 Å². The molecule has 3 nitrogen and oxygen atoms in total. The highest BCUT2D eigenvalue weighted by molar-refractivity contribution is 4.98. The summed E-state index contributed by atoms with van der Waals surface area (Å²) < 4.78 is 26.5. The van der Waals surface area contributed by atoms with Crippen molar-refractivity contribution in [2.45, 2.75) is 31.9 Å². The van der Waals surface area contributed by atoms with Gasteiger partial charge in [0.25, 0.3) is 6.43 Å². The molecule has 0 bridgehead atoms. The minimum atomic E-state index is -2.26. The molecule has 1 aromatic rings. The smallest absolute Gasteiger partial charge is 0.251 e. The summed E-state index contributed by atoms with van der Waals surface area (Å²) in [6.45, 7) is 0.400. The van der Waals surface area contributed by atoms with Crippen molar-refractivity contribution in [3.8, 4) is 0 Å². The number of nitrogens with zero attached hydrogens (tertiary/aromatic N) is 3. The van der Waals surface area contributed by atoms with Crippen LogP contribution in [0.2, 0.25) is 0 Å². The summed E-state index contributed by atoms with van der Waals surface area (Å²) in [5.41, 5.74) is 0.866. The topological polar surface area (TPSA) is 21.1 Å². The van der Waals surface area contributed by atoms with Gasteiger partial charge in [-0.3, -0.25) is 4.90 Å². The summed E-state index contributed by atoms with van der Waals surface area (Å²) in [6, 6.07) is 0.348. The first-order valence-electron chi connectivity index (χ1n) is 5.14. The van der Waals surface area contributed by atoms with Crippen LogP contribution in [0.5, 0.6) is 0 Å². The third-order valence-corrected chi connectivity index (χ3v) is 2.56. The van der Waals surface area contributed by atoms with Gasteiger partial charge in [-0.1, -0.05) is 0 Å². The van der Waals surface area contributed by atoms with Crippen LogP contribution in [0, 0.1) is 0 Å². The van der Waals surface area contributed by atoms with Crippen LogP contribution in [0.1, 0.15) is 18.5 Å². The van der Waals surface area contributed by atoms with E-state index in [-0.39, 0.29) is 6.54 Å². The zero-order chi connectivity index (χ0) is 10.8. The van der Waals surface area contributed by atoms with Crippen molar-refractivity contribution >= 4 is 0 Å². The van der Waals surface area contributed by atoms with E-state index in [1.807, 2.05) is 22.7 Å². The Morgan fingerprint density at radius 3 is 2.80 bits per heavy atom. The van der Waals surface area contributed by atoms with Crippen molar-refractivity contribution in [2.75, 3.05) is 6.54 Å². The minimum absolute atomic E-state index is 0.138. The molecule has 0 saturated heterocycles. The van der Waals surface area contributed by atoms with E-state index >= 15 is 0 Å². The van der Waals surface area contributed by atoms with Crippen LogP contribution in [0.4, 0.5) is 8.78 Å². The summed E-state index contributed by atoms with van der Waals surface area (Å²) in [4.78, 5) is 5.98. The predicted molar refractivity (Wildman–Crippen MR) is 52.6 cm³/mol. The maximum atomic E-state index is 12.3. The summed E-state index contributed by atoms with van der Waals surface area (Å²) in [5, 5.41) is 0. The van der Waals surface area contributed by atoms with E-state index in [1.54, 1.807) is 6.33 Å². The normalized spacial score (nSPS) is 16.6. The van der Waals surface area contributed by atoms with Crippen molar-refractivity contribution in [1.29, 1.82) is 0 Å². The van der Waals surface area contributed by atoms with Crippen molar-refractivity contribution in [1.82, 2.24) is 14.5 Å². The monoisotopic (exact) mass is 215 g/mol. The maximum Gasteiger partial charge on any atom is 0.251 e. The van der Waals surface area contributed by atoms with Gasteiger partial charge in [-0.15, -0.1) is 0 Å². The number of hydrogen-bond acceptors (Lipinski definition) is 2. The number of rotatable bonds is 5. The Balaban J connectivity index is 1.94. The van der Waals surface area contributed by atoms with Crippen LogP contribution in [-0.2, 0) is 13.6 Å². The fraction of sp³-hybridized carbons (Fsp3) is 0.700. The predicted octanol–water partition coefficient (Wildman–Crippen LogP) is 1.65.